The molecule has 0 radical (unpaired) electrons. The molecule has 1 amide bonds. The standard InChI is InChI=1S/C20H19I2N3O4S2/c1-20(30-6-7-31-20)10-18(26)24-23-11-14-8-16(21)19(17(22)9-14)29-12-13-2-4-15(5-3-13)25(27)28/h2-5,8-9,11H,6-7,10,12H2,1H3,(H,24,26)/b23-11-. The molecular weight excluding hydrogens is 664 g/mol. The summed E-state index contributed by atoms with van der Waals surface area (Å²) in [6, 6.07) is 10.1. The topological polar surface area (TPSA) is 93.8 Å². The van der Waals surface area contributed by atoms with Crippen LogP contribution >= 0.6 is 68.7 Å². The number of carbonyl (C=O) groups excluding carboxylic acids is 1. The highest BCUT2D eigenvalue weighted by molar-refractivity contribution is 14.1. The number of halogens is 2. The van der Waals surface area contributed by atoms with E-state index in [0.29, 0.717) is 13.0 Å². The van der Waals surface area contributed by atoms with E-state index in [1.54, 1.807) is 18.3 Å². The van der Waals surface area contributed by atoms with Crippen molar-refractivity contribution in [3.05, 3.63) is 64.8 Å². The van der Waals surface area contributed by atoms with Crippen LogP contribution in [0, 0.1) is 17.3 Å². The molecule has 0 bridgehead atoms. The van der Waals surface area contributed by atoms with Gasteiger partial charge in [0, 0.05) is 23.6 Å². The Kier molecular flexibility index (Phi) is 8.87. The molecule has 2 aromatic rings. The van der Waals surface area contributed by atoms with Crippen molar-refractivity contribution in [2.24, 2.45) is 5.10 Å². The zero-order chi connectivity index (χ0) is 22.4. The zero-order valence-electron chi connectivity index (χ0n) is 16.5. The van der Waals surface area contributed by atoms with E-state index < -0.39 is 4.92 Å². The van der Waals surface area contributed by atoms with Gasteiger partial charge in [0.05, 0.1) is 28.8 Å². The van der Waals surface area contributed by atoms with Gasteiger partial charge in [0.15, 0.2) is 0 Å². The molecule has 0 atom stereocenters. The first-order chi connectivity index (χ1) is 14.8. The van der Waals surface area contributed by atoms with Crippen LogP contribution in [0.4, 0.5) is 5.69 Å². The maximum Gasteiger partial charge on any atom is 0.269 e. The van der Waals surface area contributed by atoms with Gasteiger partial charge in [0.25, 0.3) is 5.69 Å². The van der Waals surface area contributed by atoms with Crippen molar-refractivity contribution in [2.75, 3.05) is 11.5 Å². The second kappa shape index (κ2) is 11.2. The van der Waals surface area contributed by atoms with Crippen LogP contribution in [0.15, 0.2) is 41.5 Å². The van der Waals surface area contributed by atoms with Crippen LogP contribution in [0.2, 0.25) is 0 Å². The third-order valence-electron chi connectivity index (χ3n) is 4.33. The first-order valence-electron chi connectivity index (χ1n) is 9.21. The summed E-state index contributed by atoms with van der Waals surface area (Å²) in [5, 5.41) is 14.9. The van der Waals surface area contributed by atoms with Gasteiger partial charge in [-0.2, -0.15) is 5.10 Å². The molecule has 0 aromatic heterocycles. The van der Waals surface area contributed by atoms with Crippen molar-refractivity contribution >= 4 is 86.5 Å². The normalized spacial score (nSPS) is 15.2. The Labute approximate surface area is 216 Å². The van der Waals surface area contributed by atoms with Gasteiger partial charge >= 0.3 is 0 Å². The van der Waals surface area contributed by atoms with Gasteiger partial charge in [-0.1, -0.05) is 0 Å². The van der Waals surface area contributed by atoms with Gasteiger partial charge in [-0.3, -0.25) is 14.9 Å². The van der Waals surface area contributed by atoms with Crippen LogP contribution in [0.3, 0.4) is 0 Å². The maximum atomic E-state index is 12.1. The van der Waals surface area contributed by atoms with Crippen LogP contribution in [-0.2, 0) is 11.4 Å². The quantitative estimate of drug-likeness (QED) is 0.173. The van der Waals surface area contributed by atoms with Gasteiger partial charge < -0.3 is 4.74 Å². The number of ether oxygens (including phenoxy) is 1. The van der Waals surface area contributed by atoms with E-state index in [-0.39, 0.29) is 15.7 Å². The number of hydrogen-bond acceptors (Lipinski definition) is 7. The van der Waals surface area contributed by atoms with Crippen molar-refractivity contribution in [1.29, 1.82) is 0 Å². The van der Waals surface area contributed by atoms with Crippen molar-refractivity contribution in [2.45, 2.75) is 24.0 Å². The number of non-ortho nitro benzene ring substituents is 1. The number of hydrazone groups is 1. The van der Waals surface area contributed by atoms with E-state index in [1.165, 1.54) is 12.1 Å². The Morgan fingerprint density at radius 3 is 2.45 bits per heavy atom. The molecule has 164 valence electrons. The van der Waals surface area contributed by atoms with Crippen molar-refractivity contribution in [3.8, 4) is 5.75 Å². The largest absolute Gasteiger partial charge is 0.487 e. The molecular formula is C20H19I2N3O4S2. The van der Waals surface area contributed by atoms with Gasteiger partial charge in [-0.25, -0.2) is 5.43 Å². The number of amides is 1. The zero-order valence-corrected chi connectivity index (χ0v) is 22.4. The molecule has 0 saturated carbocycles. The molecule has 3 rings (SSSR count). The fraction of sp³-hybridized carbons (Fsp3) is 0.300. The average Bonchev–Trinajstić information content (AvgIpc) is 3.13. The fourth-order valence-corrected chi connectivity index (χ4v) is 7.79. The molecule has 2 aromatic carbocycles. The summed E-state index contributed by atoms with van der Waals surface area (Å²) >= 11 is 8.02. The number of carbonyl (C=O) groups is 1. The predicted octanol–water partition coefficient (Wildman–Crippen LogP) is 5.42. The maximum absolute atomic E-state index is 12.1. The average molecular weight is 683 g/mol. The molecule has 1 fully saturated rings. The molecule has 1 heterocycles. The third kappa shape index (κ3) is 7.22. The highest BCUT2D eigenvalue weighted by Gasteiger charge is 2.32. The second-order valence-electron chi connectivity index (χ2n) is 6.83. The van der Waals surface area contributed by atoms with Crippen LogP contribution < -0.4 is 10.2 Å². The van der Waals surface area contributed by atoms with Crippen LogP contribution in [0.25, 0.3) is 0 Å². The first-order valence-corrected chi connectivity index (χ1v) is 13.3. The third-order valence-corrected chi connectivity index (χ3v) is 9.23. The van der Waals surface area contributed by atoms with E-state index in [2.05, 4.69) is 62.6 Å². The van der Waals surface area contributed by atoms with Crippen molar-refractivity contribution in [3.63, 3.8) is 0 Å². The predicted molar refractivity (Wildman–Crippen MR) is 143 cm³/mol. The van der Waals surface area contributed by atoms with E-state index in [4.69, 9.17) is 4.74 Å². The second-order valence-corrected chi connectivity index (χ2v) is 12.6. The number of nitro groups is 1. The summed E-state index contributed by atoms with van der Waals surface area (Å²) in [4.78, 5) is 22.5. The van der Waals surface area contributed by atoms with Crippen LogP contribution in [-0.4, -0.2) is 32.6 Å². The Morgan fingerprint density at radius 1 is 1.26 bits per heavy atom. The lowest BCUT2D eigenvalue weighted by molar-refractivity contribution is -0.384. The number of nitrogens with zero attached hydrogens (tertiary/aromatic N) is 2. The summed E-state index contributed by atoms with van der Waals surface area (Å²) in [7, 11) is 0. The van der Waals surface area contributed by atoms with Gasteiger partial charge in [0.2, 0.25) is 5.91 Å². The summed E-state index contributed by atoms with van der Waals surface area (Å²) in [6.07, 6.45) is 2.06. The molecule has 1 N–H and O–H groups in total. The molecule has 1 aliphatic heterocycles. The Morgan fingerprint density at radius 2 is 1.87 bits per heavy atom. The van der Waals surface area contributed by atoms with Crippen molar-refractivity contribution in [1.82, 2.24) is 5.43 Å². The summed E-state index contributed by atoms with van der Waals surface area (Å²) in [5.74, 6) is 2.80. The number of rotatable bonds is 8. The number of nitrogens with one attached hydrogen (secondary N) is 1. The van der Waals surface area contributed by atoms with Gasteiger partial charge in [-0.15, -0.1) is 23.5 Å². The first kappa shape index (κ1) is 24.6. The molecule has 11 heteroatoms. The monoisotopic (exact) mass is 683 g/mol. The van der Waals surface area contributed by atoms with E-state index in [1.807, 2.05) is 35.7 Å². The fourth-order valence-electron chi connectivity index (χ4n) is 2.83. The lowest BCUT2D eigenvalue weighted by atomic mass is 10.2. The van der Waals surface area contributed by atoms with E-state index >= 15 is 0 Å². The molecule has 1 saturated heterocycles. The molecule has 31 heavy (non-hydrogen) atoms. The summed E-state index contributed by atoms with van der Waals surface area (Å²) in [5.41, 5.74) is 4.37. The number of nitro benzene ring substituents is 1. The van der Waals surface area contributed by atoms with E-state index in [0.717, 1.165) is 35.5 Å². The number of hydrogen-bond donors (Lipinski definition) is 1. The molecule has 0 unspecified atom stereocenters. The molecule has 7 nitrogen and oxygen atoms in total. The summed E-state index contributed by atoms with van der Waals surface area (Å²) < 4.78 is 7.69. The van der Waals surface area contributed by atoms with E-state index in [9.17, 15) is 14.9 Å². The lowest BCUT2D eigenvalue weighted by Crippen LogP contribution is -2.26. The smallest absolute Gasteiger partial charge is 0.269 e. The molecule has 0 aliphatic carbocycles. The Bertz CT molecular complexity index is 973. The Balaban J connectivity index is 1.57. The lowest BCUT2D eigenvalue weighted by Gasteiger charge is -2.19. The minimum atomic E-state index is -0.424. The molecule has 1 aliphatic rings. The van der Waals surface area contributed by atoms with Gasteiger partial charge in [-0.05, 0) is 87.5 Å². The highest BCUT2D eigenvalue weighted by atomic mass is 127. The van der Waals surface area contributed by atoms with Crippen LogP contribution in [0.5, 0.6) is 5.75 Å². The van der Waals surface area contributed by atoms with Crippen LogP contribution in [0.1, 0.15) is 24.5 Å². The van der Waals surface area contributed by atoms with Crippen molar-refractivity contribution < 1.29 is 14.5 Å². The number of benzene rings is 2. The minimum Gasteiger partial charge on any atom is -0.487 e. The minimum absolute atomic E-state index is 0.0542. The Hall–Kier alpha value is -1.06. The SMILES string of the molecule is CC1(CC(=O)N/N=C\c2cc(I)c(OCc3ccc([N+](=O)[O-])cc3)c(I)c2)SCCS1. The number of thioether (sulfide) groups is 2. The highest BCUT2D eigenvalue weighted by Crippen LogP contribution is 2.45. The summed E-state index contributed by atoms with van der Waals surface area (Å²) in [6.45, 7) is 2.40. The van der Waals surface area contributed by atoms with Gasteiger partial charge in [0.1, 0.15) is 12.4 Å². The molecule has 0 spiro atoms.